The van der Waals surface area contributed by atoms with E-state index in [1.54, 1.807) is 0 Å². The molecule has 0 aromatic heterocycles. The highest BCUT2D eigenvalue weighted by Crippen LogP contribution is 2.25. The van der Waals surface area contributed by atoms with E-state index in [2.05, 4.69) is 30.7 Å². The monoisotopic (exact) mass is 297 g/mol. The quantitative estimate of drug-likeness (QED) is 0.742. The van der Waals surface area contributed by atoms with Crippen molar-refractivity contribution in [2.75, 3.05) is 39.8 Å². The minimum atomic E-state index is -0.412. The van der Waals surface area contributed by atoms with Crippen LogP contribution in [-0.2, 0) is 4.74 Å². The fourth-order valence-electron chi connectivity index (χ4n) is 3.12. The lowest BCUT2D eigenvalue weighted by molar-refractivity contribution is 0.0128. The lowest BCUT2D eigenvalue weighted by Gasteiger charge is -2.47. The van der Waals surface area contributed by atoms with Gasteiger partial charge in [0.2, 0.25) is 0 Å². The van der Waals surface area contributed by atoms with Gasteiger partial charge in [-0.15, -0.1) is 0 Å². The van der Waals surface area contributed by atoms with Gasteiger partial charge in [-0.05, 0) is 48.1 Å². The number of ether oxygens (including phenoxy) is 1. The van der Waals surface area contributed by atoms with E-state index >= 15 is 0 Å². The van der Waals surface area contributed by atoms with Crippen molar-refractivity contribution < 1.29 is 9.53 Å². The summed E-state index contributed by atoms with van der Waals surface area (Å²) in [7, 11) is 2.19. The first-order valence-electron chi connectivity index (χ1n) is 8.02. The molecule has 0 N–H and O–H groups in total. The van der Waals surface area contributed by atoms with Crippen LogP contribution in [0.4, 0.5) is 4.79 Å². The lowest BCUT2D eigenvalue weighted by Crippen LogP contribution is -2.60. The molecule has 122 valence electrons. The minimum absolute atomic E-state index is 0.168. The molecule has 21 heavy (non-hydrogen) atoms. The van der Waals surface area contributed by atoms with Crippen molar-refractivity contribution in [3.8, 4) is 0 Å². The van der Waals surface area contributed by atoms with E-state index in [1.807, 2.05) is 25.7 Å². The van der Waals surface area contributed by atoms with E-state index in [0.717, 1.165) is 39.1 Å². The molecule has 2 fully saturated rings. The molecule has 2 aliphatic heterocycles. The fraction of sp³-hybridized carbons (Fsp3) is 0.938. The van der Waals surface area contributed by atoms with Gasteiger partial charge >= 0.3 is 6.09 Å². The molecule has 0 radical (unpaired) electrons. The van der Waals surface area contributed by atoms with Crippen LogP contribution in [0.2, 0.25) is 0 Å². The largest absolute Gasteiger partial charge is 0.444 e. The summed E-state index contributed by atoms with van der Waals surface area (Å²) in [6.45, 7) is 15.2. The maximum Gasteiger partial charge on any atom is 0.410 e. The third kappa shape index (κ3) is 4.10. The van der Waals surface area contributed by atoms with Gasteiger partial charge in [0.25, 0.3) is 0 Å². The van der Waals surface area contributed by atoms with Gasteiger partial charge in [-0.3, -0.25) is 9.80 Å². The number of carbonyl (C=O) groups is 1. The van der Waals surface area contributed by atoms with Crippen molar-refractivity contribution in [2.24, 2.45) is 0 Å². The summed E-state index contributed by atoms with van der Waals surface area (Å²) in [5.41, 5.74) is -0.206. The third-order valence-electron chi connectivity index (χ3n) is 4.68. The van der Waals surface area contributed by atoms with Crippen LogP contribution in [0.3, 0.4) is 0 Å². The molecule has 0 unspecified atom stereocenters. The molecular weight excluding hydrogens is 266 g/mol. The van der Waals surface area contributed by atoms with Crippen molar-refractivity contribution in [1.82, 2.24) is 14.7 Å². The highest BCUT2D eigenvalue weighted by Gasteiger charge is 2.38. The predicted octanol–water partition coefficient (Wildman–Crippen LogP) is 2.02. The Kier molecular flexibility index (Phi) is 4.54. The Labute approximate surface area is 129 Å². The molecular formula is C16H31N3O2. The van der Waals surface area contributed by atoms with E-state index in [4.69, 9.17) is 4.74 Å². The number of likely N-dealkylation sites (tertiary alicyclic amines) is 1. The normalized spacial score (nSPS) is 27.9. The number of carbonyl (C=O) groups excluding carboxylic acids is 1. The zero-order valence-electron chi connectivity index (χ0n) is 14.5. The van der Waals surface area contributed by atoms with Gasteiger partial charge in [-0.1, -0.05) is 0 Å². The van der Waals surface area contributed by atoms with Crippen LogP contribution in [0.1, 0.15) is 41.0 Å². The Hall–Kier alpha value is -0.810. The molecule has 2 aliphatic rings. The number of hydrogen-bond acceptors (Lipinski definition) is 4. The van der Waals surface area contributed by atoms with Crippen molar-refractivity contribution in [2.45, 2.75) is 58.2 Å². The Morgan fingerprint density at radius 3 is 2.43 bits per heavy atom. The van der Waals surface area contributed by atoms with E-state index in [-0.39, 0.29) is 11.6 Å². The number of amides is 1. The molecule has 2 rings (SSSR count). The summed E-state index contributed by atoms with van der Waals surface area (Å²) in [4.78, 5) is 19.0. The molecule has 5 nitrogen and oxygen atoms in total. The van der Waals surface area contributed by atoms with E-state index in [0.29, 0.717) is 6.04 Å². The molecule has 1 amide bonds. The van der Waals surface area contributed by atoms with Crippen molar-refractivity contribution in [1.29, 1.82) is 0 Å². The third-order valence-corrected chi connectivity index (χ3v) is 4.68. The second-order valence-corrected chi connectivity index (χ2v) is 8.07. The highest BCUT2D eigenvalue weighted by atomic mass is 16.6. The smallest absolute Gasteiger partial charge is 0.410 e. The van der Waals surface area contributed by atoms with Gasteiger partial charge < -0.3 is 9.64 Å². The van der Waals surface area contributed by atoms with Crippen LogP contribution < -0.4 is 0 Å². The first-order valence-corrected chi connectivity index (χ1v) is 8.02. The Balaban J connectivity index is 1.89. The molecule has 2 saturated heterocycles. The van der Waals surface area contributed by atoms with E-state index in [9.17, 15) is 4.79 Å². The standard InChI is InChI=1S/C16H31N3O2/c1-15(2,3)21-14(20)18-8-7-13(11-18)19-10-9-17(6)16(4,5)12-19/h13H,7-12H2,1-6H3/t13-/m1/s1. The molecule has 0 saturated carbocycles. The van der Waals surface area contributed by atoms with Crippen molar-refractivity contribution >= 4 is 6.09 Å². The lowest BCUT2D eigenvalue weighted by atomic mass is 9.98. The zero-order chi connectivity index (χ0) is 15.8. The fourth-order valence-corrected chi connectivity index (χ4v) is 3.12. The van der Waals surface area contributed by atoms with Crippen LogP contribution >= 0.6 is 0 Å². The summed E-state index contributed by atoms with van der Waals surface area (Å²) in [6.07, 6.45) is 0.886. The van der Waals surface area contributed by atoms with Crippen molar-refractivity contribution in [3.63, 3.8) is 0 Å². The maximum absolute atomic E-state index is 12.1. The van der Waals surface area contributed by atoms with Gasteiger partial charge in [0.1, 0.15) is 5.60 Å². The second-order valence-electron chi connectivity index (χ2n) is 8.07. The van der Waals surface area contributed by atoms with Crippen LogP contribution in [-0.4, -0.2) is 77.7 Å². The summed E-state index contributed by atoms with van der Waals surface area (Å²) in [5.74, 6) is 0. The van der Waals surface area contributed by atoms with E-state index in [1.165, 1.54) is 0 Å². The minimum Gasteiger partial charge on any atom is -0.444 e. The number of likely N-dealkylation sites (N-methyl/N-ethyl adjacent to an activating group) is 1. The van der Waals surface area contributed by atoms with Gasteiger partial charge in [0.15, 0.2) is 0 Å². The number of piperazine rings is 1. The molecule has 0 aromatic carbocycles. The van der Waals surface area contributed by atoms with Gasteiger partial charge in [-0.25, -0.2) is 4.79 Å². The van der Waals surface area contributed by atoms with Gasteiger partial charge in [0.05, 0.1) is 0 Å². The summed E-state index contributed by atoms with van der Waals surface area (Å²) in [6, 6.07) is 0.477. The topological polar surface area (TPSA) is 36.0 Å². The summed E-state index contributed by atoms with van der Waals surface area (Å²) in [5, 5.41) is 0. The highest BCUT2D eigenvalue weighted by molar-refractivity contribution is 5.68. The molecule has 0 aromatic rings. The second kappa shape index (κ2) is 5.76. The SMILES string of the molecule is CN1CCN([C@@H]2CCN(C(=O)OC(C)(C)C)C2)CC1(C)C. The van der Waals surface area contributed by atoms with Crippen LogP contribution in [0, 0.1) is 0 Å². The summed E-state index contributed by atoms with van der Waals surface area (Å²) < 4.78 is 5.48. The van der Waals surface area contributed by atoms with Crippen LogP contribution in [0.25, 0.3) is 0 Å². The van der Waals surface area contributed by atoms with Crippen molar-refractivity contribution in [3.05, 3.63) is 0 Å². The molecule has 0 spiro atoms. The van der Waals surface area contributed by atoms with Gasteiger partial charge in [-0.2, -0.15) is 0 Å². The Bertz CT molecular complexity index is 389. The Morgan fingerprint density at radius 2 is 1.86 bits per heavy atom. The average molecular weight is 297 g/mol. The van der Waals surface area contributed by atoms with Gasteiger partial charge in [0, 0.05) is 44.3 Å². The number of nitrogens with zero attached hydrogens (tertiary/aromatic N) is 3. The predicted molar refractivity (Wildman–Crippen MR) is 84.5 cm³/mol. The first-order chi connectivity index (χ1) is 9.58. The number of hydrogen-bond donors (Lipinski definition) is 0. The van der Waals surface area contributed by atoms with Crippen LogP contribution in [0.5, 0.6) is 0 Å². The molecule has 1 atom stereocenters. The molecule has 5 heteroatoms. The average Bonchev–Trinajstić information content (AvgIpc) is 2.80. The molecule has 0 bridgehead atoms. The first kappa shape index (κ1) is 16.6. The molecule has 2 heterocycles. The van der Waals surface area contributed by atoms with E-state index < -0.39 is 5.60 Å². The zero-order valence-corrected chi connectivity index (χ0v) is 14.5. The number of rotatable bonds is 1. The Morgan fingerprint density at radius 1 is 1.19 bits per heavy atom. The maximum atomic E-state index is 12.1. The summed E-state index contributed by atoms with van der Waals surface area (Å²) >= 11 is 0. The van der Waals surface area contributed by atoms with Crippen LogP contribution in [0.15, 0.2) is 0 Å². The molecule has 0 aliphatic carbocycles.